The summed E-state index contributed by atoms with van der Waals surface area (Å²) in [6.45, 7) is 8.45. The van der Waals surface area contributed by atoms with Crippen LogP contribution in [0.4, 0.5) is 4.79 Å². The van der Waals surface area contributed by atoms with Gasteiger partial charge in [0.05, 0.1) is 26.8 Å². The van der Waals surface area contributed by atoms with Crippen molar-refractivity contribution in [1.82, 2.24) is 14.7 Å². The van der Waals surface area contributed by atoms with Gasteiger partial charge in [-0.15, -0.1) is 0 Å². The number of likely N-dealkylation sites (N-methyl/N-ethyl adjacent to an activating group) is 1. The molecule has 1 unspecified atom stereocenters. The number of piperazine rings is 1. The highest BCUT2D eigenvalue weighted by Gasteiger charge is 2.26. The second kappa shape index (κ2) is 10.6. The topological polar surface area (TPSA) is 92.9 Å². The summed E-state index contributed by atoms with van der Waals surface area (Å²) in [6, 6.07) is 5.90. The standard InChI is InChI=1S/C22H37N5O4/c1-22(2,3)31-21(28)27-12-10-26(11-13-27)20(23)24-15-17(25(4)5)16-8-9-18(29-6)19(14-16)30-7/h8-9,14,17H,10-13,15H2,1-7H3,(H2,23,24). The van der Waals surface area contributed by atoms with E-state index in [1.165, 1.54) is 0 Å². The normalized spacial score (nSPS) is 16.3. The summed E-state index contributed by atoms with van der Waals surface area (Å²) in [5.41, 5.74) is 6.84. The van der Waals surface area contributed by atoms with Crippen LogP contribution in [0.3, 0.4) is 0 Å². The molecule has 1 atom stereocenters. The molecule has 1 heterocycles. The van der Waals surface area contributed by atoms with Crippen molar-refractivity contribution in [2.45, 2.75) is 32.4 Å². The Balaban J connectivity index is 2.01. The molecule has 1 aromatic carbocycles. The number of carbonyl (C=O) groups excluding carboxylic acids is 1. The number of amides is 1. The molecule has 1 aliphatic heterocycles. The van der Waals surface area contributed by atoms with E-state index in [1.54, 1.807) is 19.1 Å². The summed E-state index contributed by atoms with van der Waals surface area (Å²) in [5, 5.41) is 0. The zero-order valence-electron chi connectivity index (χ0n) is 19.8. The van der Waals surface area contributed by atoms with E-state index in [9.17, 15) is 4.79 Å². The Morgan fingerprint density at radius 3 is 2.19 bits per heavy atom. The van der Waals surface area contributed by atoms with Gasteiger partial charge in [0.2, 0.25) is 0 Å². The highest BCUT2D eigenvalue weighted by Crippen LogP contribution is 2.31. The van der Waals surface area contributed by atoms with Crippen molar-refractivity contribution in [2.24, 2.45) is 10.7 Å². The van der Waals surface area contributed by atoms with Crippen LogP contribution in [0.2, 0.25) is 0 Å². The lowest BCUT2D eigenvalue weighted by Crippen LogP contribution is -2.53. The van der Waals surface area contributed by atoms with Gasteiger partial charge in [0.1, 0.15) is 5.60 Å². The predicted molar refractivity (Wildman–Crippen MR) is 122 cm³/mol. The smallest absolute Gasteiger partial charge is 0.410 e. The van der Waals surface area contributed by atoms with Crippen LogP contribution >= 0.6 is 0 Å². The molecule has 31 heavy (non-hydrogen) atoms. The summed E-state index contributed by atoms with van der Waals surface area (Å²) < 4.78 is 16.2. The van der Waals surface area contributed by atoms with Gasteiger partial charge in [-0.1, -0.05) is 6.07 Å². The van der Waals surface area contributed by atoms with Gasteiger partial charge in [-0.25, -0.2) is 4.79 Å². The minimum Gasteiger partial charge on any atom is -0.493 e. The van der Waals surface area contributed by atoms with E-state index >= 15 is 0 Å². The van der Waals surface area contributed by atoms with Crippen molar-refractivity contribution in [2.75, 3.05) is 61.0 Å². The number of hydrogen-bond acceptors (Lipinski definition) is 6. The molecule has 9 heteroatoms. The van der Waals surface area contributed by atoms with Crippen LogP contribution in [0.15, 0.2) is 23.2 Å². The van der Waals surface area contributed by atoms with Crippen molar-refractivity contribution >= 4 is 12.1 Å². The Morgan fingerprint density at radius 2 is 1.68 bits per heavy atom. The first-order chi connectivity index (χ1) is 14.6. The predicted octanol–water partition coefficient (Wildman–Crippen LogP) is 2.17. The van der Waals surface area contributed by atoms with E-state index in [-0.39, 0.29) is 12.1 Å². The van der Waals surface area contributed by atoms with Crippen molar-refractivity contribution < 1.29 is 19.0 Å². The van der Waals surface area contributed by atoms with Crippen LogP contribution in [-0.4, -0.2) is 93.4 Å². The molecule has 1 fully saturated rings. The summed E-state index contributed by atoms with van der Waals surface area (Å²) in [5.74, 6) is 1.85. The Kier molecular flexibility index (Phi) is 8.38. The molecular formula is C22H37N5O4. The summed E-state index contributed by atoms with van der Waals surface area (Å²) in [4.78, 5) is 22.7. The van der Waals surface area contributed by atoms with Gasteiger partial charge in [0.25, 0.3) is 0 Å². The molecule has 0 radical (unpaired) electrons. The molecule has 0 saturated carbocycles. The molecule has 1 amide bonds. The maximum atomic E-state index is 12.2. The van der Waals surface area contributed by atoms with Crippen LogP contribution in [0.1, 0.15) is 32.4 Å². The van der Waals surface area contributed by atoms with E-state index in [1.807, 2.05) is 58.0 Å². The second-order valence-corrected chi connectivity index (χ2v) is 8.75. The fraction of sp³-hybridized carbons (Fsp3) is 0.636. The Labute approximate surface area is 185 Å². The maximum Gasteiger partial charge on any atom is 0.410 e. The number of rotatable bonds is 6. The Bertz CT molecular complexity index is 768. The molecule has 2 N–H and O–H groups in total. The number of hydrogen-bond donors (Lipinski definition) is 1. The number of nitrogens with two attached hydrogens (primary N) is 1. The first-order valence-electron chi connectivity index (χ1n) is 10.5. The van der Waals surface area contributed by atoms with Crippen molar-refractivity contribution in [3.8, 4) is 11.5 Å². The third-order valence-electron chi connectivity index (χ3n) is 5.10. The average molecular weight is 436 g/mol. The van der Waals surface area contributed by atoms with Crippen LogP contribution in [0.25, 0.3) is 0 Å². The van der Waals surface area contributed by atoms with E-state index in [0.29, 0.717) is 50.2 Å². The lowest BCUT2D eigenvalue weighted by Gasteiger charge is -2.36. The minimum atomic E-state index is -0.500. The third kappa shape index (κ3) is 6.92. The molecule has 174 valence electrons. The molecule has 1 aromatic rings. The third-order valence-corrected chi connectivity index (χ3v) is 5.10. The number of ether oxygens (including phenoxy) is 3. The largest absolute Gasteiger partial charge is 0.493 e. The fourth-order valence-corrected chi connectivity index (χ4v) is 3.35. The zero-order valence-corrected chi connectivity index (χ0v) is 19.8. The van der Waals surface area contributed by atoms with Crippen LogP contribution in [0, 0.1) is 0 Å². The van der Waals surface area contributed by atoms with Gasteiger partial charge in [0, 0.05) is 26.2 Å². The van der Waals surface area contributed by atoms with E-state index in [0.717, 1.165) is 5.56 Å². The summed E-state index contributed by atoms with van der Waals surface area (Å²) in [7, 11) is 7.26. The van der Waals surface area contributed by atoms with Gasteiger partial charge in [-0.05, 0) is 52.6 Å². The molecule has 0 aliphatic carbocycles. The molecule has 1 saturated heterocycles. The lowest BCUT2D eigenvalue weighted by atomic mass is 10.1. The van der Waals surface area contributed by atoms with E-state index in [4.69, 9.17) is 19.9 Å². The molecule has 0 aromatic heterocycles. The van der Waals surface area contributed by atoms with E-state index < -0.39 is 5.60 Å². The number of guanidine groups is 1. The van der Waals surface area contributed by atoms with Crippen molar-refractivity contribution in [3.63, 3.8) is 0 Å². The zero-order chi connectivity index (χ0) is 23.2. The molecule has 2 rings (SSSR count). The van der Waals surface area contributed by atoms with Gasteiger partial charge in [0.15, 0.2) is 17.5 Å². The van der Waals surface area contributed by atoms with Gasteiger partial charge >= 0.3 is 6.09 Å². The van der Waals surface area contributed by atoms with Crippen molar-refractivity contribution in [1.29, 1.82) is 0 Å². The molecular weight excluding hydrogens is 398 g/mol. The fourth-order valence-electron chi connectivity index (χ4n) is 3.35. The Hall–Kier alpha value is -2.68. The first kappa shape index (κ1) is 24.6. The van der Waals surface area contributed by atoms with Gasteiger partial charge in [-0.2, -0.15) is 0 Å². The maximum absolute atomic E-state index is 12.2. The monoisotopic (exact) mass is 435 g/mol. The number of aliphatic imine (C=N–C) groups is 1. The number of benzene rings is 1. The van der Waals surface area contributed by atoms with Crippen LogP contribution in [-0.2, 0) is 4.74 Å². The molecule has 0 bridgehead atoms. The second-order valence-electron chi connectivity index (χ2n) is 8.75. The highest BCUT2D eigenvalue weighted by atomic mass is 16.6. The number of carbonyl (C=O) groups is 1. The van der Waals surface area contributed by atoms with Crippen molar-refractivity contribution in [3.05, 3.63) is 23.8 Å². The number of nitrogens with zero attached hydrogens (tertiary/aromatic N) is 4. The molecule has 0 spiro atoms. The summed E-state index contributed by atoms with van der Waals surface area (Å²) >= 11 is 0. The number of methoxy groups -OCH3 is 2. The van der Waals surface area contributed by atoms with Crippen LogP contribution < -0.4 is 15.2 Å². The highest BCUT2D eigenvalue weighted by molar-refractivity contribution is 5.78. The SMILES string of the molecule is COc1ccc(C(CN=C(N)N2CCN(C(=O)OC(C)(C)C)CC2)N(C)C)cc1OC. The first-order valence-corrected chi connectivity index (χ1v) is 10.5. The van der Waals surface area contributed by atoms with E-state index in [2.05, 4.69) is 9.89 Å². The quantitative estimate of drug-likeness (QED) is 0.541. The average Bonchev–Trinajstić information content (AvgIpc) is 2.72. The molecule has 9 nitrogen and oxygen atoms in total. The van der Waals surface area contributed by atoms with Gasteiger partial charge in [-0.3, -0.25) is 4.99 Å². The molecule has 1 aliphatic rings. The minimum absolute atomic E-state index is 0.0291. The Morgan fingerprint density at radius 1 is 1.10 bits per heavy atom. The van der Waals surface area contributed by atoms with Gasteiger partial charge < -0.3 is 34.6 Å². The van der Waals surface area contributed by atoms with Crippen LogP contribution in [0.5, 0.6) is 11.5 Å². The lowest BCUT2D eigenvalue weighted by molar-refractivity contribution is 0.0186. The summed E-state index contributed by atoms with van der Waals surface area (Å²) in [6.07, 6.45) is -0.288.